The van der Waals surface area contributed by atoms with Crippen LogP contribution in [0.1, 0.15) is 8.29 Å². The van der Waals surface area contributed by atoms with Crippen molar-refractivity contribution in [2.24, 2.45) is 9.98 Å². The molecule has 0 radical (unpaired) electrons. The van der Waals surface area contributed by atoms with Crippen LogP contribution in [0.4, 0.5) is 0 Å². The molecule has 0 spiro atoms. The summed E-state index contributed by atoms with van der Waals surface area (Å²) < 4.78 is 7.77. The number of aliphatic imine (C=N–C) groups is 2. The van der Waals surface area contributed by atoms with Crippen molar-refractivity contribution < 1.29 is 25.5 Å². The molecule has 0 fully saturated rings. The summed E-state index contributed by atoms with van der Waals surface area (Å²) in [4.78, 5) is 18.8. The number of amides is 1. The number of hydrogen-bond acceptors (Lipinski definition) is 3. The summed E-state index contributed by atoms with van der Waals surface area (Å²) in [6.07, 6.45) is 3.86. The van der Waals surface area contributed by atoms with E-state index in [1.165, 1.54) is 25.6 Å². The number of hydrogen-bond donors (Lipinski definition) is 2. The molecule has 0 bridgehead atoms. The van der Waals surface area contributed by atoms with Gasteiger partial charge in [-0.2, -0.15) is 0 Å². The first kappa shape index (κ1) is 12.7. The molecule has 1 aliphatic rings. The van der Waals surface area contributed by atoms with Gasteiger partial charge < -0.3 is 0 Å². The van der Waals surface area contributed by atoms with Crippen LogP contribution in [0, 0.1) is 11.8 Å². The van der Waals surface area contributed by atoms with Gasteiger partial charge in [0.05, 0.1) is 0 Å². The van der Waals surface area contributed by atoms with Crippen molar-refractivity contribution in [3.05, 3.63) is 23.5 Å². The molecule has 0 saturated heterocycles. The molecule has 6 heteroatoms. The topological polar surface area (TPSA) is 65.8 Å². The van der Waals surface area contributed by atoms with Crippen LogP contribution >= 0.6 is 0 Å². The van der Waals surface area contributed by atoms with Crippen LogP contribution in [0.2, 0.25) is 0 Å². The molecule has 18 heavy (non-hydrogen) atoms. The Hall–Kier alpha value is -1.79. The van der Waals surface area contributed by atoms with Gasteiger partial charge in [0.1, 0.15) is 0 Å². The molecule has 0 aromatic carbocycles. The number of amidine groups is 1. The molecule has 0 unspecified atom stereocenters. The van der Waals surface area contributed by atoms with Crippen molar-refractivity contribution in [2.75, 3.05) is 7.05 Å². The van der Waals surface area contributed by atoms with E-state index in [0.717, 1.165) is 9.59 Å². The Bertz CT molecular complexity index is 578. The third kappa shape index (κ3) is 3.90. The standard InChI is InChI=1S/C12H12N4O.W/c1-3-4-10(7-14-9-17)5-11-6-12(13-2)16-8-15-11;/h5,7-9H,1-2H3,(H,14,17)(H,13,15,16);/i9T;. The Balaban J connectivity index is 3.06. The average Bonchev–Trinajstić information content (AvgIpc) is 2.38. The number of nitrogens with one attached hydrogen (secondary N) is 2. The van der Waals surface area contributed by atoms with Crippen LogP contribution in [0.5, 0.6) is 0 Å². The maximum absolute atomic E-state index is 10.6. The van der Waals surface area contributed by atoms with Gasteiger partial charge in [-0.15, -0.1) is 0 Å². The SMILES string of the molecule is [3H]C(=O)NC=C(C#CC)C=C1NC=NC(=NC)[C]1=[W]. The van der Waals surface area contributed by atoms with Gasteiger partial charge in [-0.25, -0.2) is 0 Å². The minimum atomic E-state index is -0.880. The van der Waals surface area contributed by atoms with Crippen molar-refractivity contribution in [3.63, 3.8) is 0 Å². The second-order valence-electron chi connectivity index (χ2n) is 3.06. The molecule has 0 aromatic heterocycles. The van der Waals surface area contributed by atoms with E-state index in [4.69, 9.17) is 1.37 Å². The molecule has 1 amide bonds. The molecule has 0 saturated carbocycles. The van der Waals surface area contributed by atoms with Crippen molar-refractivity contribution in [1.29, 1.82) is 0 Å². The summed E-state index contributed by atoms with van der Waals surface area (Å²) in [5.41, 5.74) is 1.42. The fraction of sp³-hybridized carbons (Fsp3) is 0.167. The maximum atomic E-state index is 10.6. The predicted molar refractivity (Wildman–Crippen MR) is 68.8 cm³/mol. The first-order valence-corrected chi connectivity index (χ1v) is 6.47. The Kier molecular flexibility index (Phi) is 5.29. The molecule has 2 N–H and O–H groups in total. The van der Waals surface area contributed by atoms with Gasteiger partial charge in [0.2, 0.25) is 0 Å². The van der Waals surface area contributed by atoms with Crippen LogP contribution < -0.4 is 10.6 Å². The molecule has 0 atom stereocenters. The zero-order valence-corrected chi connectivity index (χ0v) is 12.9. The molecule has 0 aromatic rings. The normalized spacial score (nSPS) is 20.0. The van der Waals surface area contributed by atoms with Crippen molar-refractivity contribution in [1.82, 2.24) is 10.6 Å². The predicted octanol–water partition coefficient (Wildman–Crippen LogP) is -0.0975. The number of carbonyl (C=O) groups is 1. The van der Waals surface area contributed by atoms with Gasteiger partial charge in [0, 0.05) is 0 Å². The van der Waals surface area contributed by atoms with E-state index in [1.54, 1.807) is 26.4 Å². The van der Waals surface area contributed by atoms with Gasteiger partial charge in [-0.1, -0.05) is 0 Å². The van der Waals surface area contributed by atoms with Crippen LogP contribution in [0.25, 0.3) is 0 Å². The molecule has 5 nitrogen and oxygen atoms in total. The Morgan fingerprint density at radius 1 is 1.78 bits per heavy atom. The monoisotopic (exact) mass is 414 g/mol. The van der Waals surface area contributed by atoms with Crippen LogP contribution in [0.15, 0.2) is 33.5 Å². The first-order valence-electron chi connectivity index (χ1n) is 5.50. The van der Waals surface area contributed by atoms with Crippen LogP contribution in [-0.2, 0) is 24.1 Å². The Morgan fingerprint density at radius 3 is 3.17 bits per heavy atom. The van der Waals surface area contributed by atoms with E-state index < -0.39 is 6.39 Å². The number of carbonyl (C=O) groups excluding carboxylic acids is 1. The molecular formula is C12H12N4OW. The molecule has 1 rings (SSSR count). The molecular weight excluding hydrogens is 400 g/mol. The third-order valence-electron chi connectivity index (χ3n) is 1.92. The van der Waals surface area contributed by atoms with Gasteiger partial charge >= 0.3 is 118 Å². The van der Waals surface area contributed by atoms with E-state index in [2.05, 4.69) is 32.5 Å². The Labute approximate surface area is 118 Å². The van der Waals surface area contributed by atoms with Crippen LogP contribution in [-0.4, -0.2) is 29.5 Å². The quantitative estimate of drug-likeness (QED) is 0.490. The fourth-order valence-electron chi connectivity index (χ4n) is 1.19. The molecule has 1 aliphatic heterocycles. The second-order valence-corrected chi connectivity index (χ2v) is 4.52. The molecule has 92 valence electrons. The molecule has 1 heterocycles. The van der Waals surface area contributed by atoms with Gasteiger partial charge in [-0.3, -0.25) is 0 Å². The van der Waals surface area contributed by atoms with E-state index in [0.29, 0.717) is 11.4 Å². The summed E-state index contributed by atoms with van der Waals surface area (Å²) in [6.45, 7) is 1.70. The summed E-state index contributed by atoms with van der Waals surface area (Å²) in [5.74, 6) is 6.27. The Morgan fingerprint density at radius 2 is 2.56 bits per heavy atom. The van der Waals surface area contributed by atoms with Crippen molar-refractivity contribution in [3.8, 4) is 11.8 Å². The summed E-state index contributed by atoms with van der Waals surface area (Å²) in [6, 6.07) is 0. The third-order valence-corrected chi connectivity index (χ3v) is 3.37. The average molecular weight is 414 g/mol. The summed E-state index contributed by atoms with van der Waals surface area (Å²) in [7, 11) is 1.68. The van der Waals surface area contributed by atoms with Gasteiger partial charge in [-0.05, 0) is 0 Å². The van der Waals surface area contributed by atoms with E-state index in [9.17, 15) is 4.79 Å². The van der Waals surface area contributed by atoms with E-state index >= 15 is 0 Å². The van der Waals surface area contributed by atoms with E-state index in [-0.39, 0.29) is 0 Å². The van der Waals surface area contributed by atoms with Crippen molar-refractivity contribution in [2.45, 2.75) is 6.92 Å². The first-order chi connectivity index (χ1) is 9.08. The van der Waals surface area contributed by atoms with Gasteiger partial charge in [0.25, 0.3) is 0 Å². The number of allylic oxidation sites excluding steroid dienone is 2. The zero-order chi connectivity index (χ0) is 14.3. The van der Waals surface area contributed by atoms with Crippen LogP contribution in [0.3, 0.4) is 0 Å². The number of rotatable bonds is 2. The number of nitrogens with zero attached hydrogens (tertiary/aromatic N) is 2. The fourth-order valence-corrected chi connectivity index (χ4v) is 2.14. The minimum absolute atomic E-state index is 0.593. The summed E-state index contributed by atoms with van der Waals surface area (Å²) in [5, 5.41) is 5.30. The zero-order valence-electron chi connectivity index (χ0n) is 10.9. The van der Waals surface area contributed by atoms with E-state index in [1.807, 2.05) is 0 Å². The second kappa shape index (κ2) is 7.52. The van der Waals surface area contributed by atoms with Gasteiger partial charge in [0.15, 0.2) is 0 Å². The summed E-state index contributed by atoms with van der Waals surface area (Å²) >= 11 is 1.22. The van der Waals surface area contributed by atoms with Crippen molar-refractivity contribution >= 4 is 22.5 Å². The molecule has 0 aliphatic carbocycles.